The minimum atomic E-state index is 0.594. The third kappa shape index (κ3) is 2.21. The highest BCUT2D eigenvalue weighted by atomic mass is 16.5. The Hall–Kier alpha value is -2.81. The second-order valence-electron chi connectivity index (χ2n) is 4.45. The predicted molar refractivity (Wildman–Crippen MR) is 80.9 cm³/mol. The Bertz CT molecular complexity index is 717. The molecule has 0 aliphatic carbocycles. The van der Waals surface area contributed by atoms with E-state index in [1.807, 2.05) is 36.4 Å². The van der Waals surface area contributed by atoms with Crippen molar-refractivity contribution in [2.24, 2.45) is 0 Å². The molecule has 98 valence electrons. The van der Waals surface area contributed by atoms with Gasteiger partial charge in [0.25, 0.3) is 0 Å². The molecule has 3 heteroatoms. The number of anilines is 2. The molecule has 0 bridgehead atoms. The van der Waals surface area contributed by atoms with Crippen LogP contribution in [-0.4, -0.2) is 6.29 Å². The van der Waals surface area contributed by atoms with Crippen molar-refractivity contribution >= 4 is 23.7 Å². The molecule has 20 heavy (non-hydrogen) atoms. The lowest BCUT2D eigenvalue weighted by atomic mass is 10.1. The fourth-order valence-electron chi connectivity index (χ4n) is 2.07. The molecule has 0 atom stereocenters. The molecule has 0 radical (unpaired) electrons. The second-order valence-corrected chi connectivity index (χ2v) is 4.45. The van der Waals surface area contributed by atoms with Crippen molar-refractivity contribution in [2.45, 2.75) is 0 Å². The molecule has 2 aromatic carbocycles. The molecule has 1 heterocycles. The quantitative estimate of drug-likeness (QED) is 0.556. The molecule has 0 spiro atoms. The van der Waals surface area contributed by atoms with Crippen molar-refractivity contribution in [2.75, 3.05) is 5.32 Å². The number of allylic oxidation sites excluding steroid dienone is 2. The smallest absolute Gasteiger partial charge is 0.151 e. The average molecular weight is 263 g/mol. The van der Waals surface area contributed by atoms with Gasteiger partial charge in [-0.2, -0.15) is 0 Å². The maximum atomic E-state index is 10.8. The summed E-state index contributed by atoms with van der Waals surface area (Å²) in [5.74, 6) is 1.40. The monoisotopic (exact) mass is 263 g/mol. The van der Waals surface area contributed by atoms with Gasteiger partial charge in [0.2, 0.25) is 0 Å². The molecule has 0 aromatic heterocycles. The lowest BCUT2D eigenvalue weighted by Crippen LogP contribution is -2.03. The molecule has 2 aromatic rings. The van der Waals surface area contributed by atoms with Crippen molar-refractivity contribution in [3.05, 3.63) is 66.3 Å². The number of hydrogen-bond donors (Lipinski definition) is 1. The average Bonchev–Trinajstić information content (AvgIpc) is 2.50. The van der Waals surface area contributed by atoms with Gasteiger partial charge in [-0.05, 0) is 35.9 Å². The van der Waals surface area contributed by atoms with Crippen molar-refractivity contribution < 1.29 is 9.53 Å². The lowest BCUT2D eigenvalue weighted by Gasteiger charge is -2.22. The summed E-state index contributed by atoms with van der Waals surface area (Å²) in [4.78, 5) is 10.8. The number of nitrogens with one attached hydrogen (secondary N) is 1. The van der Waals surface area contributed by atoms with E-state index in [4.69, 9.17) is 4.74 Å². The Kier molecular flexibility index (Phi) is 3.09. The fourth-order valence-corrected chi connectivity index (χ4v) is 2.07. The molecule has 1 aliphatic heterocycles. The summed E-state index contributed by atoms with van der Waals surface area (Å²) in [7, 11) is 0. The summed E-state index contributed by atoms with van der Waals surface area (Å²) in [6.45, 7) is 3.65. The van der Waals surface area contributed by atoms with Crippen LogP contribution >= 0.6 is 0 Å². The van der Waals surface area contributed by atoms with Gasteiger partial charge in [0.1, 0.15) is 6.29 Å². The van der Waals surface area contributed by atoms with Gasteiger partial charge in [0.15, 0.2) is 11.5 Å². The minimum Gasteiger partial charge on any atom is -0.453 e. The Morgan fingerprint density at radius 1 is 1.00 bits per heavy atom. The van der Waals surface area contributed by atoms with Gasteiger partial charge < -0.3 is 10.1 Å². The van der Waals surface area contributed by atoms with Crippen LogP contribution in [0.5, 0.6) is 11.5 Å². The van der Waals surface area contributed by atoms with E-state index in [9.17, 15) is 4.79 Å². The summed E-state index contributed by atoms with van der Waals surface area (Å²) in [5, 5.41) is 3.29. The number of aldehydes is 1. The molecular weight excluding hydrogens is 250 g/mol. The zero-order valence-electron chi connectivity index (χ0n) is 10.8. The van der Waals surface area contributed by atoms with Gasteiger partial charge in [0.05, 0.1) is 11.4 Å². The van der Waals surface area contributed by atoms with Crippen LogP contribution in [0.2, 0.25) is 0 Å². The Balaban J connectivity index is 1.98. The standard InChI is InChI=1S/C17H13NO2/c1-2-3-4-12-5-7-14-16(9-12)20-17-10-13(11-19)6-8-15(17)18-14/h2-11,18H,1H2/b4-3+. The van der Waals surface area contributed by atoms with Crippen LogP contribution in [-0.2, 0) is 0 Å². The number of carbonyl (C=O) groups excluding carboxylic acids is 1. The van der Waals surface area contributed by atoms with Gasteiger partial charge in [0, 0.05) is 5.56 Å². The highest BCUT2D eigenvalue weighted by molar-refractivity contribution is 5.82. The van der Waals surface area contributed by atoms with Gasteiger partial charge in [-0.3, -0.25) is 4.79 Å². The van der Waals surface area contributed by atoms with E-state index in [1.54, 1.807) is 18.2 Å². The molecular formula is C17H13NO2. The molecule has 1 aliphatic rings. The zero-order valence-corrected chi connectivity index (χ0v) is 10.8. The maximum Gasteiger partial charge on any atom is 0.151 e. The summed E-state index contributed by atoms with van der Waals surface area (Å²) < 4.78 is 5.86. The third-order valence-electron chi connectivity index (χ3n) is 3.06. The van der Waals surface area contributed by atoms with Crippen molar-refractivity contribution in [1.29, 1.82) is 0 Å². The molecule has 0 saturated carbocycles. The number of rotatable bonds is 3. The molecule has 3 rings (SSSR count). The van der Waals surface area contributed by atoms with Crippen LogP contribution in [0.3, 0.4) is 0 Å². The highest BCUT2D eigenvalue weighted by Gasteiger charge is 2.16. The number of carbonyl (C=O) groups is 1. The van der Waals surface area contributed by atoms with E-state index in [0.29, 0.717) is 11.3 Å². The molecule has 0 saturated heterocycles. The number of fused-ring (bicyclic) bond motifs is 2. The first-order chi connectivity index (χ1) is 9.80. The molecule has 3 nitrogen and oxygen atoms in total. The minimum absolute atomic E-state index is 0.594. The van der Waals surface area contributed by atoms with Crippen LogP contribution in [0.4, 0.5) is 11.4 Å². The largest absolute Gasteiger partial charge is 0.453 e. The zero-order chi connectivity index (χ0) is 13.9. The first-order valence-corrected chi connectivity index (χ1v) is 6.27. The normalized spacial score (nSPS) is 12.0. The van der Waals surface area contributed by atoms with Crippen LogP contribution in [0, 0.1) is 0 Å². The Morgan fingerprint density at radius 2 is 1.65 bits per heavy atom. The van der Waals surface area contributed by atoms with Crippen LogP contribution < -0.4 is 10.1 Å². The van der Waals surface area contributed by atoms with Gasteiger partial charge in [-0.25, -0.2) is 0 Å². The van der Waals surface area contributed by atoms with Crippen LogP contribution in [0.25, 0.3) is 6.08 Å². The van der Waals surface area contributed by atoms with Gasteiger partial charge in [-0.1, -0.05) is 30.9 Å². The van der Waals surface area contributed by atoms with Gasteiger partial charge >= 0.3 is 0 Å². The lowest BCUT2D eigenvalue weighted by molar-refractivity contribution is 0.112. The summed E-state index contributed by atoms with van der Waals surface area (Å²) in [6, 6.07) is 11.2. The number of ether oxygens (including phenoxy) is 1. The van der Waals surface area contributed by atoms with E-state index in [1.165, 1.54) is 0 Å². The third-order valence-corrected chi connectivity index (χ3v) is 3.06. The molecule has 0 fully saturated rings. The number of benzene rings is 2. The molecule has 1 N–H and O–H groups in total. The van der Waals surface area contributed by atoms with Gasteiger partial charge in [-0.15, -0.1) is 0 Å². The van der Waals surface area contributed by atoms with E-state index >= 15 is 0 Å². The fraction of sp³-hybridized carbons (Fsp3) is 0. The first-order valence-electron chi connectivity index (χ1n) is 6.27. The highest BCUT2D eigenvalue weighted by Crippen LogP contribution is 2.42. The topological polar surface area (TPSA) is 38.3 Å². The second kappa shape index (κ2) is 5.05. The van der Waals surface area contributed by atoms with Crippen LogP contribution in [0.15, 0.2) is 55.1 Å². The van der Waals surface area contributed by atoms with E-state index in [-0.39, 0.29) is 0 Å². The number of hydrogen-bond acceptors (Lipinski definition) is 3. The summed E-state index contributed by atoms with van der Waals surface area (Å²) in [6.07, 6.45) is 6.36. The summed E-state index contributed by atoms with van der Waals surface area (Å²) >= 11 is 0. The maximum absolute atomic E-state index is 10.8. The Labute approximate surface area is 117 Å². The van der Waals surface area contributed by atoms with Crippen molar-refractivity contribution in [3.63, 3.8) is 0 Å². The predicted octanol–water partition coefficient (Wildman–Crippen LogP) is 4.55. The first kappa shape index (κ1) is 12.2. The summed E-state index contributed by atoms with van der Waals surface area (Å²) in [5.41, 5.74) is 3.39. The van der Waals surface area contributed by atoms with Crippen molar-refractivity contribution in [3.8, 4) is 11.5 Å². The van der Waals surface area contributed by atoms with E-state index in [0.717, 1.165) is 29.0 Å². The molecule has 0 unspecified atom stereocenters. The van der Waals surface area contributed by atoms with E-state index in [2.05, 4.69) is 11.9 Å². The van der Waals surface area contributed by atoms with Crippen molar-refractivity contribution in [1.82, 2.24) is 0 Å². The van der Waals surface area contributed by atoms with E-state index < -0.39 is 0 Å². The Morgan fingerprint density at radius 3 is 2.30 bits per heavy atom. The van der Waals surface area contributed by atoms with Crippen LogP contribution in [0.1, 0.15) is 15.9 Å². The molecule has 0 amide bonds. The SMILES string of the molecule is C=C/C=C/c1ccc2c(c1)Oc1cc(C=O)ccc1N2.